The zero-order chi connectivity index (χ0) is 8.69. The van der Waals surface area contributed by atoms with Gasteiger partial charge in [0, 0.05) is 7.11 Å². The number of nitrogens with one attached hydrogen (secondary N) is 2. The van der Waals surface area contributed by atoms with Gasteiger partial charge in [0.2, 0.25) is 6.41 Å². The highest BCUT2D eigenvalue weighted by molar-refractivity contribution is 5.44. The number of rotatable bonds is 6. The van der Waals surface area contributed by atoms with Crippen LogP contribution in [-0.4, -0.2) is 25.7 Å². The van der Waals surface area contributed by atoms with Crippen molar-refractivity contribution in [2.24, 2.45) is 0 Å². The average Bonchev–Trinajstić information content (AvgIpc) is 2.05. The Balaban J connectivity index is 3.64. The predicted molar refractivity (Wildman–Crippen MR) is 42.9 cm³/mol. The van der Waals surface area contributed by atoms with Gasteiger partial charge in [0.25, 0.3) is 0 Å². The first-order valence-corrected chi connectivity index (χ1v) is 3.73. The Morgan fingerprint density at radius 3 is 2.64 bits per heavy atom. The molecule has 0 aromatic rings. The van der Waals surface area contributed by atoms with E-state index < -0.39 is 0 Å². The molecule has 0 aliphatic rings. The topological polar surface area (TPSA) is 50.4 Å². The highest BCUT2D eigenvalue weighted by atomic mass is 16.5. The van der Waals surface area contributed by atoms with Crippen LogP contribution in [0.5, 0.6) is 0 Å². The number of hydrazine groups is 1. The lowest BCUT2D eigenvalue weighted by atomic mass is 10.1. The van der Waals surface area contributed by atoms with Gasteiger partial charge in [0.05, 0.1) is 12.1 Å². The van der Waals surface area contributed by atoms with Gasteiger partial charge in [-0.05, 0) is 13.3 Å². The van der Waals surface area contributed by atoms with Crippen LogP contribution in [0, 0.1) is 0 Å². The first-order valence-electron chi connectivity index (χ1n) is 3.73. The summed E-state index contributed by atoms with van der Waals surface area (Å²) in [4.78, 5) is 9.92. The van der Waals surface area contributed by atoms with Crippen LogP contribution in [0.1, 0.15) is 20.3 Å². The molecular weight excluding hydrogens is 144 g/mol. The van der Waals surface area contributed by atoms with Crippen molar-refractivity contribution in [2.75, 3.05) is 7.11 Å². The summed E-state index contributed by atoms with van der Waals surface area (Å²) in [6.07, 6.45) is 1.63. The van der Waals surface area contributed by atoms with E-state index in [1.54, 1.807) is 7.11 Å². The standard InChI is InChI=1S/C7H16N2O2/c1-4-7(6(2)11-3)9-8-5-10/h5-7,9H,4H2,1-3H3,(H,8,10)/t6-,7-/m0/s1. The second kappa shape index (κ2) is 6.12. The highest BCUT2D eigenvalue weighted by Crippen LogP contribution is 1.99. The van der Waals surface area contributed by atoms with Crippen molar-refractivity contribution >= 4 is 6.41 Å². The van der Waals surface area contributed by atoms with Crippen LogP contribution < -0.4 is 10.9 Å². The van der Waals surface area contributed by atoms with Crippen LogP contribution in [0.2, 0.25) is 0 Å². The average molecular weight is 160 g/mol. The third-order valence-electron chi connectivity index (χ3n) is 1.71. The normalized spacial score (nSPS) is 15.5. The van der Waals surface area contributed by atoms with Gasteiger partial charge in [0.15, 0.2) is 0 Å². The molecule has 0 fully saturated rings. The minimum atomic E-state index is 0.104. The molecule has 11 heavy (non-hydrogen) atoms. The predicted octanol–water partition coefficient (Wildman–Crippen LogP) is 0.0505. The molecular formula is C7H16N2O2. The van der Waals surface area contributed by atoms with Crippen molar-refractivity contribution in [3.8, 4) is 0 Å². The SMILES string of the molecule is CC[C@H](NNC=O)[C@H](C)OC. The van der Waals surface area contributed by atoms with Crippen LogP contribution in [0.3, 0.4) is 0 Å². The highest BCUT2D eigenvalue weighted by Gasteiger charge is 2.12. The first kappa shape index (κ1) is 10.4. The van der Waals surface area contributed by atoms with E-state index in [2.05, 4.69) is 10.9 Å². The largest absolute Gasteiger partial charge is 0.380 e. The first-order chi connectivity index (χ1) is 5.26. The molecule has 0 bridgehead atoms. The summed E-state index contributed by atoms with van der Waals surface area (Å²) < 4.78 is 5.08. The fraction of sp³-hybridized carbons (Fsp3) is 0.857. The summed E-state index contributed by atoms with van der Waals surface area (Å²) in [6, 6.07) is 0.171. The number of carbonyl (C=O) groups excluding carboxylic acids is 1. The number of ether oxygens (including phenoxy) is 1. The molecule has 0 aliphatic carbocycles. The van der Waals surface area contributed by atoms with Crippen LogP contribution in [-0.2, 0) is 9.53 Å². The van der Waals surface area contributed by atoms with E-state index in [9.17, 15) is 4.79 Å². The van der Waals surface area contributed by atoms with Crippen LogP contribution in [0.25, 0.3) is 0 Å². The quantitative estimate of drug-likeness (QED) is 0.426. The van der Waals surface area contributed by atoms with Gasteiger partial charge in [0.1, 0.15) is 0 Å². The van der Waals surface area contributed by atoms with Gasteiger partial charge >= 0.3 is 0 Å². The van der Waals surface area contributed by atoms with E-state index in [0.717, 1.165) is 6.42 Å². The second-order valence-corrected chi connectivity index (χ2v) is 2.36. The zero-order valence-electron chi connectivity index (χ0n) is 7.26. The number of hydrogen-bond acceptors (Lipinski definition) is 3. The van der Waals surface area contributed by atoms with E-state index in [4.69, 9.17) is 4.74 Å². The molecule has 0 aliphatic heterocycles. The fourth-order valence-corrected chi connectivity index (χ4v) is 0.857. The third-order valence-corrected chi connectivity index (χ3v) is 1.71. The number of hydrogen-bond donors (Lipinski definition) is 2. The van der Waals surface area contributed by atoms with Crippen molar-refractivity contribution in [3.63, 3.8) is 0 Å². The van der Waals surface area contributed by atoms with Gasteiger partial charge in [-0.2, -0.15) is 0 Å². The second-order valence-electron chi connectivity index (χ2n) is 2.36. The van der Waals surface area contributed by atoms with Gasteiger partial charge < -0.3 is 4.74 Å². The van der Waals surface area contributed by atoms with E-state index in [0.29, 0.717) is 6.41 Å². The molecule has 0 spiro atoms. The Morgan fingerprint density at radius 1 is 1.64 bits per heavy atom. The summed E-state index contributed by atoms with van der Waals surface area (Å²) >= 11 is 0. The maximum atomic E-state index is 9.92. The Kier molecular flexibility index (Phi) is 5.78. The van der Waals surface area contributed by atoms with Crippen molar-refractivity contribution < 1.29 is 9.53 Å². The van der Waals surface area contributed by atoms with Crippen molar-refractivity contribution in [1.82, 2.24) is 10.9 Å². The molecule has 0 radical (unpaired) electrons. The van der Waals surface area contributed by atoms with Gasteiger partial charge in [-0.25, -0.2) is 5.43 Å². The molecule has 0 saturated heterocycles. The van der Waals surface area contributed by atoms with Gasteiger partial charge in [-0.3, -0.25) is 10.2 Å². The van der Waals surface area contributed by atoms with Crippen LogP contribution in [0.15, 0.2) is 0 Å². The fourth-order valence-electron chi connectivity index (χ4n) is 0.857. The number of carbonyl (C=O) groups is 1. The monoisotopic (exact) mass is 160 g/mol. The van der Waals surface area contributed by atoms with Crippen molar-refractivity contribution in [3.05, 3.63) is 0 Å². The molecule has 1 amide bonds. The zero-order valence-corrected chi connectivity index (χ0v) is 7.26. The smallest absolute Gasteiger partial charge is 0.221 e. The number of methoxy groups -OCH3 is 1. The van der Waals surface area contributed by atoms with Crippen LogP contribution >= 0.6 is 0 Å². The van der Waals surface area contributed by atoms with E-state index >= 15 is 0 Å². The van der Waals surface area contributed by atoms with Crippen LogP contribution in [0.4, 0.5) is 0 Å². The van der Waals surface area contributed by atoms with E-state index in [1.807, 2.05) is 13.8 Å². The molecule has 4 heteroatoms. The minimum absolute atomic E-state index is 0.104. The van der Waals surface area contributed by atoms with E-state index in [-0.39, 0.29) is 12.1 Å². The van der Waals surface area contributed by atoms with Gasteiger partial charge in [-0.1, -0.05) is 6.92 Å². The summed E-state index contributed by atoms with van der Waals surface area (Å²) in [7, 11) is 1.65. The Morgan fingerprint density at radius 2 is 2.27 bits per heavy atom. The Hall–Kier alpha value is -0.610. The third kappa shape index (κ3) is 3.95. The lowest BCUT2D eigenvalue weighted by Gasteiger charge is -2.21. The van der Waals surface area contributed by atoms with E-state index in [1.165, 1.54) is 0 Å². The van der Waals surface area contributed by atoms with Crippen molar-refractivity contribution in [1.29, 1.82) is 0 Å². The molecule has 2 atom stereocenters. The maximum Gasteiger partial charge on any atom is 0.221 e. The molecule has 0 heterocycles. The summed E-state index contributed by atoms with van der Waals surface area (Å²) in [5.41, 5.74) is 5.23. The lowest BCUT2D eigenvalue weighted by Crippen LogP contribution is -2.46. The van der Waals surface area contributed by atoms with Crippen molar-refractivity contribution in [2.45, 2.75) is 32.4 Å². The molecule has 0 rings (SSSR count). The molecule has 0 saturated carbocycles. The van der Waals surface area contributed by atoms with Gasteiger partial charge in [-0.15, -0.1) is 0 Å². The minimum Gasteiger partial charge on any atom is -0.380 e. The molecule has 0 aromatic heterocycles. The summed E-state index contributed by atoms with van der Waals surface area (Å²) in [5, 5.41) is 0. The summed E-state index contributed by atoms with van der Waals surface area (Å²) in [6.45, 7) is 3.98. The molecule has 0 unspecified atom stereocenters. The summed E-state index contributed by atoms with van der Waals surface area (Å²) in [5.74, 6) is 0. The Labute approximate surface area is 67.3 Å². The molecule has 4 nitrogen and oxygen atoms in total. The molecule has 66 valence electrons. The number of amides is 1. The molecule has 0 aromatic carbocycles. The lowest BCUT2D eigenvalue weighted by molar-refractivity contribution is -0.110. The maximum absolute atomic E-state index is 9.92. The Bertz CT molecular complexity index is 109. The molecule has 2 N–H and O–H groups in total.